The molecule has 28 heavy (non-hydrogen) atoms. The maximum absolute atomic E-state index is 13.1. The lowest BCUT2D eigenvalue weighted by Gasteiger charge is -2.23. The molecule has 0 aromatic heterocycles. The molecule has 0 bridgehead atoms. The average Bonchev–Trinajstić information content (AvgIpc) is 3.17. The van der Waals surface area contributed by atoms with Crippen molar-refractivity contribution in [1.29, 1.82) is 0 Å². The number of halogens is 1. The van der Waals surface area contributed by atoms with Crippen LogP contribution >= 0.6 is 0 Å². The summed E-state index contributed by atoms with van der Waals surface area (Å²) in [6, 6.07) is 12.8. The van der Waals surface area contributed by atoms with E-state index in [0.29, 0.717) is 12.8 Å². The van der Waals surface area contributed by atoms with E-state index in [0.717, 1.165) is 21.6 Å². The Balaban J connectivity index is 1.48. The lowest BCUT2D eigenvalue weighted by atomic mass is 9.92. The number of aryl methyl sites for hydroxylation is 1. The van der Waals surface area contributed by atoms with Crippen molar-refractivity contribution in [3.05, 3.63) is 71.0 Å². The fourth-order valence-corrected chi connectivity index (χ4v) is 3.94. The zero-order valence-electron chi connectivity index (χ0n) is 15.4. The van der Waals surface area contributed by atoms with Crippen LogP contribution in [0.3, 0.4) is 0 Å². The molecule has 1 unspecified atom stereocenters. The van der Waals surface area contributed by atoms with Crippen LogP contribution < -0.4 is 5.32 Å². The quantitative estimate of drug-likeness (QED) is 0.826. The van der Waals surface area contributed by atoms with Gasteiger partial charge in [0.05, 0.1) is 0 Å². The molecule has 4 amide bonds. The maximum atomic E-state index is 13.1. The number of amides is 4. The molecule has 2 aliphatic rings. The summed E-state index contributed by atoms with van der Waals surface area (Å²) in [6.45, 7) is -0.0665. The van der Waals surface area contributed by atoms with Crippen LogP contribution in [-0.2, 0) is 28.1 Å². The number of rotatable bonds is 4. The van der Waals surface area contributed by atoms with Crippen LogP contribution in [0.25, 0.3) is 0 Å². The van der Waals surface area contributed by atoms with Gasteiger partial charge >= 0.3 is 6.03 Å². The van der Waals surface area contributed by atoms with Gasteiger partial charge in [-0.25, -0.2) is 9.18 Å². The molecular formula is C21H20FN3O3. The number of nitrogens with zero attached hydrogens (tertiary/aromatic N) is 2. The molecule has 4 rings (SSSR count). The average molecular weight is 381 g/mol. The zero-order chi connectivity index (χ0) is 19.9. The third-order valence-electron chi connectivity index (χ3n) is 5.47. The first-order valence-electron chi connectivity index (χ1n) is 9.11. The highest BCUT2D eigenvalue weighted by molar-refractivity contribution is 6.09. The molecule has 1 fully saturated rings. The number of fused-ring (bicyclic) bond motifs is 2. The number of hydrogen-bond donors (Lipinski definition) is 1. The highest BCUT2D eigenvalue weighted by atomic mass is 19.1. The standard InChI is InChI=1S/C21H20FN3O3/c1-24(12-14-6-8-16(22)9-7-14)18(26)13-25-19(27)21(23-20(25)28)11-10-15-4-2-3-5-17(15)21/h2-9H,10-13H2,1H3,(H,23,28). The molecule has 6 nitrogen and oxygen atoms in total. The molecule has 144 valence electrons. The second kappa shape index (κ2) is 6.74. The summed E-state index contributed by atoms with van der Waals surface area (Å²) in [5.41, 5.74) is 1.54. The van der Waals surface area contributed by atoms with Gasteiger partial charge < -0.3 is 10.2 Å². The normalized spacial score (nSPS) is 20.4. The van der Waals surface area contributed by atoms with Gasteiger partial charge in [0.15, 0.2) is 0 Å². The second-order valence-electron chi connectivity index (χ2n) is 7.26. The summed E-state index contributed by atoms with van der Waals surface area (Å²) in [7, 11) is 1.59. The van der Waals surface area contributed by atoms with E-state index in [1.807, 2.05) is 24.3 Å². The van der Waals surface area contributed by atoms with Crippen LogP contribution in [0.15, 0.2) is 48.5 Å². The van der Waals surface area contributed by atoms with Crippen molar-refractivity contribution in [2.24, 2.45) is 0 Å². The van der Waals surface area contributed by atoms with Gasteiger partial charge in [0.2, 0.25) is 5.91 Å². The first-order chi connectivity index (χ1) is 13.4. The molecule has 7 heteroatoms. The minimum atomic E-state index is -1.07. The van der Waals surface area contributed by atoms with Crippen molar-refractivity contribution in [2.45, 2.75) is 24.9 Å². The number of carbonyl (C=O) groups excluding carboxylic acids is 3. The highest BCUT2D eigenvalue weighted by Gasteiger charge is 2.55. The van der Waals surface area contributed by atoms with E-state index in [-0.39, 0.29) is 30.7 Å². The van der Waals surface area contributed by atoms with Gasteiger partial charge in [-0.2, -0.15) is 0 Å². The smallest absolute Gasteiger partial charge is 0.325 e. The predicted molar refractivity (Wildman–Crippen MR) is 99.6 cm³/mol. The molecule has 1 aliphatic carbocycles. The Hall–Kier alpha value is -3.22. The third-order valence-corrected chi connectivity index (χ3v) is 5.47. The van der Waals surface area contributed by atoms with Gasteiger partial charge in [-0.1, -0.05) is 36.4 Å². The van der Waals surface area contributed by atoms with E-state index in [2.05, 4.69) is 5.32 Å². The Kier molecular flexibility index (Phi) is 4.37. The summed E-state index contributed by atoms with van der Waals surface area (Å²) in [4.78, 5) is 40.6. The molecule has 2 aromatic carbocycles. The summed E-state index contributed by atoms with van der Waals surface area (Å²) in [6.07, 6.45) is 1.20. The highest BCUT2D eigenvalue weighted by Crippen LogP contribution is 2.41. The van der Waals surface area contributed by atoms with Gasteiger partial charge in [-0.05, 0) is 41.7 Å². The monoisotopic (exact) mass is 381 g/mol. The Morgan fingerprint density at radius 3 is 2.64 bits per heavy atom. The van der Waals surface area contributed by atoms with Crippen molar-refractivity contribution in [2.75, 3.05) is 13.6 Å². The van der Waals surface area contributed by atoms with Crippen LogP contribution in [-0.4, -0.2) is 41.2 Å². The number of hydrogen-bond acceptors (Lipinski definition) is 3. The fourth-order valence-electron chi connectivity index (χ4n) is 3.94. The number of imide groups is 1. The van der Waals surface area contributed by atoms with Crippen LogP contribution in [0.1, 0.15) is 23.1 Å². The molecular weight excluding hydrogens is 361 g/mol. The van der Waals surface area contributed by atoms with E-state index in [9.17, 15) is 18.8 Å². The topological polar surface area (TPSA) is 69.7 Å². The van der Waals surface area contributed by atoms with Crippen molar-refractivity contribution in [3.63, 3.8) is 0 Å². The minimum absolute atomic E-state index is 0.261. The van der Waals surface area contributed by atoms with Crippen molar-refractivity contribution in [1.82, 2.24) is 15.1 Å². The Morgan fingerprint density at radius 1 is 1.18 bits per heavy atom. The van der Waals surface area contributed by atoms with E-state index >= 15 is 0 Å². The zero-order valence-corrected chi connectivity index (χ0v) is 15.4. The van der Waals surface area contributed by atoms with Crippen molar-refractivity contribution < 1.29 is 18.8 Å². The number of likely N-dealkylation sites (N-methyl/N-ethyl adjacent to an activating group) is 1. The van der Waals surface area contributed by atoms with Gasteiger partial charge in [-0.15, -0.1) is 0 Å². The first-order valence-corrected chi connectivity index (χ1v) is 9.11. The van der Waals surface area contributed by atoms with Crippen LogP contribution in [0, 0.1) is 5.82 Å². The molecule has 1 spiro atoms. The molecule has 1 heterocycles. The summed E-state index contributed by atoms with van der Waals surface area (Å²) >= 11 is 0. The Bertz CT molecular complexity index is 960. The van der Waals surface area contributed by atoms with Crippen LogP contribution in [0.5, 0.6) is 0 Å². The predicted octanol–water partition coefficient (Wildman–Crippen LogP) is 2.18. The number of urea groups is 1. The molecule has 1 N–H and O–H groups in total. The maximum Gasteiger partial charge on any atom is 0.325 e. The van der Waals surface area contributed by atoms with Crippen molar-refractivity contribution in [3.8, 4) is 0 Å². The summed E-state index contributed by atoms with van der Waals surface area (Å²) < 4.78 is 13.0. The largest absolute Gasteiger partial charge is 0.340 e. The van der Waals surface area contributed by atoms with Gasteiger partial charge in [0.25, 0.3) is 5.91 Å². The van der Waals surface area contributed by atoms with E-state index in [1.165, 1.54) is 17.0 Å². The van der Waals surface area contributed by atoms with Gasteiger partial charge in [0, 0.05) is 13.6 Å². The first kappa shape index (κ1) is 18.2. The van der Waals surface area contributed by atoms with Gasteiger partial charge in [-0.3, -0.25) is 14.5 Å². The minimum Gasteiger partial charge on any atom is -0.340 e. The number of benzene rings is 2. The lowest BCUT2D eigenvalue weighted by molar-refractivity contribution is -0.138. The Morgan fingerprint density at radius 2 is 1.89 bits per heavy atom. The summed E-state index contributed by atoms with van der Waals surface area (Å²) in [5, 5.41) is 2.81. The van der Waals surface area contributed by atoms with Crippen molar-refractivity contribution >= 4 is 17.8 Å². The van der Waals surface area contributed by atoms with Gasteiger partial charge in [0.1, 0.15) is 17.9 Å². The second-order valence-corrected chi connectivity index (χ2v) is 7.26. The third kappa shape index (κ3) is 2.93. The SMILES string of the molecule is CN(Cc1ccc(F)cc1)C(=O)CN1C(=O)NC2(CCc3ccccc32)C1=O. The van der Waals surface area contributed by atoms with E-state index in [1.54, 1.807) is 19.2 Å². The van der Waals surface area contributed by atoms with Crippen LogP contribution in [0.2, 0.25) is 0 Å². The van der Waals surface area contributed by atoms with E-state index < -0.39 is 11.6 Å². The van der Waals surface area contributed by atoms with Crippen LogP contribution in [0.4, 0.5) is 9.18 Å². The van der Waals surface area contributed by atoms with E-state index in [4.69, 9.17) is 0 Å². The Labute approximate surface area is 161 Å². The molecule has 0 radical (unpaired) electrons. The molecule has 0 saturated carbocycles. The molecule has 1 aliphatic heterocycles. The molecule has 2 aromatic rings. The molecule has 1 atom stereocenters. The number of carbonyl (C=O) groups is 3. The number of nitrogens with one attached hydrogen (secondary N) is 1. The fraction of sp³-hybridized carbons (Fsp3) is 0.286. The molecule has 1 saturated heterocycles. The lowest BCUT2D eigenvalue weighted by Crippen LogP contribution is -2.44. The summed E-state index contributed by atoms with van der Waals surface area (Å²) in [5.74, 6) is -1.10.